The molecular weight excluding hydrogens is 434 g/mol. The van der Waals surface area contributed by atoms with Crippen molar-refractivity contribution in [2.24, 2.45) is 22.6 Å². The molecule has 2 aromatic carbocycles. The minimum Gasteiger partial charge on any atom is -0.462 e. The standard InChI is InChI=1S/C25H23N5O4/c26-12-21(28)23(13-27)30-16-29-22-11-19(14-33-24(31)17-7-3-1-4-8-17)20(22)15-34-25(32)18-9-5-2-6-10-18/h1-10,16,19-20,22H,11,14-15,28H2,(H,29,30)/b23-21-/t19-,20-,22-/m1/s1. The molecule has 0 saturated heterocycles. The summed E-state index contributed by atoms with van der Waals surface area (Å²) in [7, 11) is 0. The van der Waals surface area contributed by atoms with Crippen molar-refractivity contribution in [1.82, 2.24) is 5.32 Å². The van der Waals surface area contributed by atoms with Gasteiger partial charge in [0.1, 0.15) is 17.8 Å². The number of ether oxygens (including phenoxy) is 2. The van der Waals surface area contributed by atoms with Gasteiger partial charge in [-0.15, -0.1) is 0 Å². The van der Waals surface area contributed by atoms with Gasteiger partial charge in [0.05, 0.1) is 36.7 Å². The molecule has 0 amide bonds. The van der Waals surface area contributed by atoms with E-state index in [9.17, 15) is 9.59 Å². The summed E-state index contributed by atoms with van der Waals surface area (Å²) < 4.78 is 10.9. The minimum atomic E-state index is -0.454. The van der Waals surface area contributed by atoms with E-state index in [1.54, 1.807) is 66.7 Å². The molecule has 0 aromatic heterocycles. The molecule has 1 aliphatic carbocycles. The Hall–Kier alpha value is -4.63. The van der Waals surface area contributed by atoms with Gasteiger partial charge < -0.3 is 20.5 Å². The van der Waals surface area contributed by atoms with Gasteiger partial charge in [0, 0.05) is 11.8 Å². The van der Waals surface area contributed by atoms with Crippen molar-refractivity contribution in [3.63, 3.8) is 0 Å². The number of nitrogens with one attached hydrogen (secondary N) is 1. The third kappa shape index (κ3) is 6.21. The molecule has 0 spiro atoms. The predicted octanol–water partition coefficient (Wildman–Crippen LogP) is 2.54. The van der Waals surface area contributed by atoms with Crippen molar-refractivity contribution in [2.45, 2.75) is 12.5 Å². The molecule has 3 N–H and O–H groups in total. The fourth-order valence-electron chi connectivity index (χ4n) is 3.48. The molecule has 0 radical (unpaired) electrons. The number of aliphatic imine (C=N–C) groups is 1. The summed E-state index contributed by atoms with van der Waals surface area (Å²) in [6.07, 6.45) is 1.89. The van der Waals surface area contributed by atoms with Crippen molar-refractivity contribution >= 4 is 18.3 Å². The van der Waals surface area contributed by atoms with E-state index < -0.39 is 11.9 Å². The molecule has 0 bridgehead atoms. The topological polar surface area (TPSA) is 151 Å². The summed E-state index contributed by atoms with van der Waals surface area (Å²) in [6, 6.07) is 20.6. The summed E-state index contributed by atoms with van der Waals surface area (Å²) in [6.45, 7) is 0.246. The first-order valence-corrected chi connectivity index (χ1v) is 10.6. The van der Waals surface area contributed by atoms with Crippen molar-refractivity contribution in [3.05, 3.63) is 83.2 Å². The monoisotopic (exact) mass is 457 g/mol. The van der Waals surface area contributed by atoms with E-state index in [0.29, 0.717) is 17.5 Å². The van der Waals surface area contributed by atoms with Crippen LogP contribution in [-0.2, 0) is 9.47 Å². The number of esters is 2. The molecule has 0 heterocycles. The highest BCUT2D eigenvalue weighted by atomic mass is 16.5. The maximum atomic E-state index is 12.4. The molecule has 9 heteroatoms. The first-order valence-electron chi connectivity index (χ1n) is 10.6. The molecule has 0 aliphatic heterocycles. The van der Waals surface area contributed by atoms with E-state index in [4.69, 9.17) is 25.7 Å². The fourth-order valence-corrected chi connectivity index (χ4v) is 3.48. The van der Waals surface area contributed by atoms with E-state index in [-0.39, 0.29) is 42.5 Å². The number of nitrogens with two attached hydrogens (primary N) is 1. The molecule has 172 valence electrons. The Balaban J connectivity index is 1.62. The first-order chi connectivity index (χ1) is 16.5. The van der Waals surface area contributed by atoms with Crippen LogP contribution in [0, 0.1) is 34.5 Å². The van der Waals surface area contributed by atoms with E-state index in [1.807, 2.05) is 6.07 Å². The van der Waals surface area contributed by atoms with Gasteiger partial charge in [0.25, 0.3) is 0 Å². The van der Waals surface area contributed by atoms with Gasteiger partial charge in [-0.2, -0.15) is 10.5 Å². The number of rotatable bonds is 9. The average molecular weight is 457 g/mol. The summed E-state index contributed by atoms with van der Waals surface area (Å²) in [5, 5.41) is 20.5. The van der Waals surface area contributed by atoms with Gasteiger partial charge in [-0.1, -0.05) is 36.4 Å². The largest absolute Gasteiger partial charge is 0.462 e. The zero-order chi connectivity index (χ0) is 24.3. The maximum absolute atomic E-state index is 12.4. The molecule has 1 aliphatic rings. The number of nitrogens with zero attached hydrogens (tertiary/aromatic N) is 3. The van der Waals surface area contributed by atoms with Gasteiger partial charge in [0.2, 0.25) is 0 Å². The molecular formula is C25H23N5O4. The van der Waals surface area contributed by atoms with Crippen LogP contribution in [0.5, 0.6) is 0 Å². The van der Waals surface area contributed by atoms with Crippen LogP contribution in [0.15, 0.2) is 77.1 Å². The highest BCUT2D eigenvalue weighted by Crippen LogP contribution is 2.38. The van der Waals surface area contributed by atoms with Crippen LogP contribution in [0.2, 0.25) is 0 Å². The molecule has 34 heavy (non-hydrogen) atoms. The Labute approximate surface area is 197 Å². The summed E-state index contributed by atoms with van der Waals surface area (Å²) in [5.41, 5.74) is 6.00. The summed E-state index contributed by atoms with van der Waals surface area (Å²) in [5.74, 6) is -1.14. The van der Waals surface area contributed by atoms with Crippen molar-refractivity contribution in [3.8, 4) is 12.1 Å². The van der Waals surface area contributed by atoms with Crippen LogP contribution in [0.4, 0.5) is 0 Å². The van der Waals surface area contributed by atoms with Crippen LogP contribution in [0.3, 0.4) is 0 Å². The molecule has 1 saturated carbocycles. The fraction of sp³-hybridized carbons (Fsp3) is 0.240. The van der Waals surface area contributed by atoms with E-state index in [0.717, 1.165) is 0 Å². The molecule has 2 aromatic rings. The van der Waals surface area contributed by atoms with Crippen LogP contribution < -0.4 is 11.1 Å². The number of carbonyl (C=O) groups is 2. The van der Waals surface area contributed by atoms with Gasteiger partial charge in [0.15, 0.2) is 5.70 Å². The number of allylic oxidation sites excluding steroid dienone is 2. The molecule has 1 fully saturated rings. The Morgan fingerprint density at radius 3 is 2.06 bits per heavy atom. The maximum Gasteiger partial charge on any atom is 0.338 e. The third-order valence-corrected chi connectivity index (χ3v) is 5.47. The number of hydrogen-bond donors (Lipinski definition) is 2. The van der Waals surface area contributed by atoms with Crippen molar-refractivity contribution in [2.75, 3.05) is 13.2 Å². The first kappa shape index (κ1) is 24.0. The summed E-state index contributed by atoms with van der Waals surface area (Å²) in [4.78, 5) is 29.0. The number of nitriles is 2. The van der Waals surface area contributed by atoms with Crippen molar-refractivity contribution in [1.29, 1.82) is 10.5 Å². The van der Waals surface area contributed by atoms with Gasteiger partial charge in [-0.3, -0.25) is 4.99 Å². The number of hydrogen-bond acceptors (Lipinski definition) is 8. The second-order valence-electron chi connectivity index (χ2n) is 7.59. The quantitative estimate of drug-likeness (QED) is 0.252. The second-order valence-corrected chi connectivity index (χ2v) is 7.59. The minimum absolute atomic E-state index is 0.0615. The van der Waals surface area contributed by atoms with Gasteiger partial charge >= 0.3 is 11.9 Å². The lowest BCUT2D eigenvalue weighted by Crippen LogP contribution is -2.46. The number of carbonyl (C=O) groups excluding carboxylic acids is 2. The molecule has 0 unspecified atom stereocenters. The van der Waals surface area contributed by atoms with E-state index in [2.05, 4.69) is 10.3 Å². The van der Waals surface area contributed by atoms with E-state index >= 15 is 0 Å². The Morgan fingerprint density at radius 2 is 1.53 bits per heavy atom. The normalized spacial score (nSPS) is 19.6. The highest BCUT2D eigenvalue weighted by molar-refractivity contribution is 5.89. The van der Waals surface area contributed by atoms with E-state index in [1.165, 1.54) is 6.34 Å². The van der Waals surface area contributed by atoms with Gasteiger partial charge in [-0.05, 0) is 30.7 Å². The lowest BCUT2D eigenvalue weighted by Gasteiger charge is -2.41. The summed E-state index contributed by atoms with van der Waals surface area (Å²) >= 11 is 0. The SMILES string of the molecule is N#C/C(N)=C(\C#N)NC=N[C@@H]1C[C@H](COC(=O)c2ccccc2)[C@H]1COC(=O)c1ccccc1. The predicted molar refractivity (Wildman–Crippen MR) is 123 cm³/mol. The number of benzene rings is 2. The van der Waals surface area contributed by atoms with Crippen LogP contribution in [0.1, 0.15) is 27.1 Å². The smallest absolute Gasteiger partial charge is 0.338 e. The van der Waals surface area contributed by atoms with Crippen LogP contribution >= 0.6 is 0 Å². The zero-order valence-electron chi connectivity index (χ0n) is 18.3. The van der Waals surface area contributed by atoms with Crippen molar-refractivity contribution < 1.29 is 19.1 Å². The Kier molecular flexibility index (Phi) is 8.36. The third-order valence-electron chi connectivity index (χ3n) is 5.47. The van der Waals surface area contributed by atoms with Crippen LogP contribution in [-0.4, -0.2) is 37.5 Å². The second kappa shape index (κ2) is 11.8. The molecule has 3 atom stereocenters. The average Bonchev–Trinajstić information content (AvgIpc) is 2.87. The Bertz CT molecular complexity index is 1150. The zero-order valence-corrected chi connectivity index (χ0v) is 18.3. The lowest BCUT2D eigenvalue weighted by molar-refractivity contribution is -0.0125. The highest BCUT2D eigenvalue weighted by Gasteiger charge is 2.42. The molecule has 9 nitrogen and oxygen atoms in total. The van der Waals surface area contributed by atoms with Gasteiger partial charge in [-0.25, -0.2) is 9.59 Å². The van der Waals surface area contributed by atoms with Crippen LogP contribution in [0.25, 0.3) is 0 Å². The Morgan fingerprint density at radius 1 is 0.971 bits per heavy atom. The lowest BCUT2D eigenvalue weighted by atomic mass is 9.70. The molecule has 3 rings (SSSR count).